The van der Waals surface area contributed by atoms with Gasteiger partial charge < -0.3 is 4.57 Å². The summed E-state index contributed by atoms with van der Waals surface area (Å²) in [4.78, 5) is 8.73. The molecule has 1 fully saturated rings. The summed E-state index contributed by atoms with van der Waals surface area (Å²) in [6, 6.07) is 2.60. The quantitative estimate of drug-likeness (QED) is 0.760. The Kier molecular flexibility index (Phi) is 2.58. The zero-order valence-electron chi connectivity index (χ0n) is 10.1. The van der Waals surface area contributed by atoms with Crippen molar-refractivity contribution < 1.29 is 0 Å². The van der Waals surface area contributed by atoms with E-state index in [9.17, 15) is 0 Å². The number of hydrogen-bond acceptors (Lipinski definition) is 2. The van der Waals surface area contributed by atoms with Crippen LogP contribution >= 0.6 is 11.6 Å². The fourth-order valence-electron chi connectivity index (χ4n) is 2.70. The topological polar surface area (TPSA) is 30.7 Å². The van der Waals surface area contributed by atoms with Crippen LogP contribution in [0.3, 0.4) is 0 Å². The smallest absolute Gasteiger partial charge is 0.128 e. The van der Waals surface area contributed by atoms with Crippen molar-refractivity contribution in [3.05, 3.63) is 24.3 Å². The lowest BCUT2D eigenvalue weighted by Gasteiger charge is -2.35. The van der Waals surface area contributed by atoms with Gasteiger partial charge in [0.15, 0.2) is 0 Å². The second kappa shape index (κ2) is 3.98. The van der Waals surface area contributed by atoms with Crippen LogP contribution in [0.4, 0.5) is 0 Å². The van der Waals surface area contributed by atoms with Crippen LogP contribution in [-0.4, -0.2) is 14.5 Å². The van der Waals surface area contributed by atoms with Crippen LogP contribution < -0.4 is 0 Å². The first-order chi connectivity index (χ1) is 8.16. The highest BCUT2D eigenvalue weighted by Crippen LogP contribution is 2.41. The van der Waals surface area contributed by atoms with Gasteiger partial charge in [-0.2, -0.15) is 0 Å². The second-order valence-corrected chi connectivity index (χ2v) is 5.71. The predicted octanol–water partition coefficient (Wildman–Crippen LogP) is 3.70. The molecule has 1 unspecified atom stereocenters. The summed E-state index contributed by atoms with van der Waals surface area (Å²) in [5.74, 6) is 1.80. The molecule has 2 heterocycles. The minimum atomic E-state index is -0.0571. The van der Waals surface area contributed by atoms with Crippen molar-refractivity contribution in [2.75, 3.05) is 0 Å². The first-order valence-corrected chi connectivity index (χ1v) is 6.56. The standard InChI is InChI=1S/C13H16ClN3/c1-8-5-10(6-8)17-12-3-4-15-7-11(12)16-13(17)9(2)14/h3-4,7-10H,5-6H2,1-2H3. The highest BCUT2D eigenvalue weighted by molar-refractivity contribution is 6.20. The fraction of sp³-hybridized carbons (Fsp3) is 0.538. The molecule has 1 aliphatic carbocycles. The third-order valence-electron chi connectivity index (χ3n) is 3.59. The van der Waals surface area contributed by atoms with Gasteiger partial charge in [0.1, 0.15) is 11.3 Å². The average molecular weight is 250 g/mol. The zero-order chi connectivity index (χ0) is 12.0. The van der Waals surface area contributed by atoms with Crippen LogP contribution in [0.5, 0.6) is 0 Å². The van der Waals surface area contributed by atoms with Crippen LogP contribution in [-0.2, 0) is 0 Å². The van der Waals surface area contributed by atoms with Gasteiger partial charge >= 0.3 is 0 Å². The molecule has 17 heavy (non-hydrogen) atoms. The molecule has 0 spiro atoms. The highest BCUT2D eigenvalue weighted by Gasteiger charge is 2.30. The molecule has 1 saturated carbocycles. The fourth-order valence-corrected chi connectivity index (χ4v) is 2.86. The van der Waals surface area contributed by atoms with Crippen LogP contribution in [0.2, 0.25) is 0 Å². The van der Waals surface area contributed by atoms with Crippen molar-refractivity contribution in [2.24, 2.45) is 5.92 Å². The van der Waals surface area contributed by atoms with Gasteiger partial charge in [-0.15, -0.1) is 11.6 Å². The average Bonchev–Trinajstić information content (AvgIpc) is 2.64. The van der Waals surface area contributed by atoms with Crippen molar-refractivity contribution >= 4 is 22.6 Å². The first-order valence-electron chi connectivity index (χ1n) is 6.12. The molecule has 4 heteroatoms. The summed E-state index contributed by atoms with van der Waals surface area (Å²) in [5, 5.41) is -0.0571. The molecular formula is C13H16ClN3. The number of pyridine rings is 1. The number of aromatic nitrogens is 3. The Morgan fingerprint density at radius 3 is 2.88 bits per heavy atom. The van der Waals surface area contributed by atoms with Gasteiger partial charge in [-0.1, -0.05) is 6.92 Å². The minimum Gasteiger partial charge on any atom is -0.324 e. The van der Waals surface area contributed by atoms with E-state index in [4.69, 9.17) is 11.6 Å². The van der Waals surface area contributed by atoms with Gasteiger partial charge in [0.25, 0.3) is 0 Å². The van der Waals surface area contributed by atoms with Gasteiger partial charge in [0, 0.05) is 12.2 Å². The minimum absolute atomic E-state index is 0.0571. The van der Waals surface area contributed by atoms with Gasteiger partial charge in [0.05, 0.1) is 17.1 Å². The number of halogens is 1. The van der Waals surface area contributed by atoms with Crippen molar-refractivity contribution in [1.82, 2.24) is 14.5 Å². The molecule has 3 rings (SSSR count). The number of fused-ring (bicyclic) bond motifs is 1. The maximum absolute atomic E-state index is 6.24. The predicted molar refractivity (Wildman–Crippen MR) is 69.2 cm³/mol. The molecule has 90 valence electrons. The van der Waals surface area contributed by atoms with E-state index in [1.54, 1.807) is 0 Å². The Morgan fingerprint density at radius 2 is 2.24 bits per heavy atom. The molecule has 0 aromatic carbocycles. The summed E-state index contributed by atoms with van der Waals surface area (Å²) in [7, 11) is 0. The van der Waals surface area contributed by atoms with Crippen LogP contribution in [0.25, 0.3) is 11.0 Å². The molecule has 0 amide bonds. The van der Waals surface area contributed by atoms with Gasteiger partial charge in [-0.25, -0.2) is 4.98 Å². The van der Waals surface area contributed by atoms with Crippen molar-refractivity contribution in [1.29, 1.82) is 0 Å². The normalized spacial score (nSPS) is 25.8. The Balaban J connectivity index is 2.15. The van der Waals surface area contributed by atoms with E-state index in [2.05, 4.69) is 21.5 Å². The molecule has 0 saturated heterocycles. The first kappa shape index (κ1) is 11.0. The van der Waals surface area contributed by atoms with Crippen molar-refractivity contribution in [3.8, 4) is 0 Å². The lowest BCUT2D eigenvalue weighted by atomic mass is 9.81. The molecular weight excluding hydrogens is 234 g/mol. The Labute approximate surface area is 106 Å². The zero-order valence-corrected chi connectivity index (χ0v) is 10.9. The number of hydrogen-bond donors (Lipinski definition) is 0. The Morgan fingerprint density at radius 1 is 1.47 bits per heavy atom. The van der Waals surface area contributed by atoms with Gasteiger partial charge in [-0.05, 0) is 31.7 Å². The summed E-state index contributed by atoms with van der Waals surface area (Å²) >= 11 is 6.24. The molecule has 3 nitrogen and oxygen atoms in total. The monoisotopic (exact) mass is 249 g/mol. The summed E-state index contributed by atoms with van der Waals surface area (Å²) in [6.45, 7) is 4.27. The molecule has 0 N–H and O–H groups in total. The van der Waals surface area contributed by atoms with Crippen LogP contribution in [0.15, 0.2) is 18.5 Å². The van der Waals surface area contributed by atoms with E-state index < -0.39 is 0 Å². The van der Waals surface area contributed by atoms with E-state index in [-0.39, 0.29) is 5.38 Å². The maximum Gasteiger partial charge on any atom is 0.128 e. The van der Waals surface area contributed by atoms with Crippen molar-refractivity contribution in [3.63, 3.8) is 0 Å². The SMILES string of the molecule is CC1CC(n2c(C(C)Cl)nc3cnccc32)C1. The van der Waals surface area contributed by atoms with E-state index >= 15 is 0 Å². The Hall–Kier alpha value is -1.09. The summed E-state index contributed by atoms with van der Waals surface area (Å²) < 4.78 is 2.31. The largest absolute Gasteiger partial charge is 0.324 e. The number of alkyl halides is 1. The van der Waals surface area contributed by atoms with E-state index in [0.29, 0.717) is 6.04 Å². The molecule has 2 aromatic heterocycles. The highest BCUT2D eigenvalue weighted by atomic mass is 35.5. The molecule has 0 radical (unpaired) electrons. The van der Waals surface area contributed by atoms with Gasteiger partial charge in [0.2, 0.25) is 0 Å². The van der Waals surface area contributed by atoms with Crippen molar-refractivity contribution in [2.45, 2.75) is 38.1 Å². The van der Waals surface area contributed by atoms with Crippen LogP contribution in [0.1, 0.15) is 43.9 Å². The summed E-state index contributed by atoms with van der Waals surface area (Å²) in [6.07, 6.45) is 6.09. The molecule has 0 aliphatic heterocycles. The molecule has 2 aromatic rings. The lowest BCUT2D eigenvalue weighted by Crippen LogP contribution is -2.26. The summed E-state index contributed by atoms with van der Waals surface area (Å²) in [5.41, 5.74) is 2.12. The Bertz CT molecular complexity index is 541. The lowest BCUT2D eigenvalue weighted by molar-refractivity contribution is 0.216. The van der Waals surface area contributed by atoms with E-state index in [1.807, 2.05) is 25.4 Å². The van der Waals surface area contributed by atoms with E-state index in [0.717, 1.165) is 17.3 Å². The molecule has 1 atom stereocenters. The number of rotatable bonds is 2. The van der Waals surface area contributed by atoms with Gasteiger partial charge in [-0.3, -0.25) is 4.98 Å². The maximum atomic E-state index is 6.24. The second-order valence-electron chi connectivity index (χ2n) is 5.05. The number of nitrogens with zero attached hydrogens (tertiary/aromatic N) is 3. The third-order valence-corrected chi connectivity index (χ3v) is 3.78. The number of imidazole rings is 1. The van der Waals surface area contributed by atoms with E-state index in [1.165, 1.54) is 18.4 Å². The third kappa shape index (κ3) is 1.73. The molecule has 1 aliphatic rings. The van der Waals surface area contributed by atoms with Crippen LogP contribution in [0, 0.1) is 5.92 Å². The molecule has 0 bridgehead atoms.